The van der Waals surface area contributed by atoms with Gasteiger partial charge in [-0.15, -0.1) is 11.5 Å². The molecule has 2 N–H and O–H groups in total. The number of para-hydroxylation sites is 2. The molecule has 0 spiro atoms. The molecule has 0 unspecified atom stereocenters. The van der Waals surface area contributed by atoms with Gasteiger partial charge in [0, 0.05) is 38.3 Å². The van der Waals surface area contributed by atoms with E-state index in [-0.39, 0.29) is 56.6 Å². The van der Waals surface area contributed by atoms with Crippen LogP contribution in [0.15, 0.2) is 48.5 Å². The van der Waals surface area contributed by atoms with Crippen LogP contribution in [0.2, 0.25) is 0 Å². The van der Waals surface area contributed by atoms with Crippen LogP contribution in [0.25, 0.3) is 10.8 Å². The Labute approximate surface area is 259 Å². The number of isothiocyanates is 2. The van der Waals surface area contributed by atoms with Crippen LogP contribution in [-0.4, -0.2) is 74.5 Å². The van der Waals surface area contributed by atoms with Gasteiger partial charge in [0.2, 0.25) is 0 Å². The van der Waals surface area contributed by atoms with Crippen LogP contribution >= 0.6 is 24.4 Å². The monoisotopic (exact) mass is 646 g/mol. The van der Waals surface area contributed by atoms with Crippen molar-refractivity contribution < 1.29 is 43.2 Å². The summed E-state index contributed by atoms with van der Waals surface area (Å²) in [6, 6.07) is 14.6. The Hall–Kier alpha value is -1.53. The number of nitrogens with one attached hydrogen (secondary N) is 2. The molecule has 38 heavy (non-hydrogen) atoms. The normalized spacial score (nSPS) is 10.7. The van der Waals surface area contributed by atoms with Gasteiger partial charge in [0.05, 0.1) is 0 Å². The predicted octanol–water partition coefficient (Wildman–Crippen LogP) is 3.26. The molecule has 216 valence electrons. The Balaban J connectivity index is -0.000000241. The fourth-order valence-electron chi connectivity index (χ4n) is 2.91. The molecule has 0 aliphatic carbocycles. The van der Waals surface area contributed by atoms with E-state index in [4.69, 9.17) is 10.8 Å². The second-order valence-electron chi connectivity index (χ2n) is 8.22. The molecule has 2 rings (SSSR count). The van der Waals surface area contributed by atoms with Crippen LogP contribution in [0.5, 0.6) is 11.5 Å². The first-order chi connectivity index (χ1) is 17.0. The number of nitrogens with zero attached hydrogens (tertiary/aromatic N) is 4. The first-order valence-corrected chi connectivity index (χ1v) is 12.2. The first kappa shape index (κ1) is 43.5. The largest absolute Gasteiger partial charge is 2.00 e. The second-order valence-corrected chi connectivity index (χ2v) is 8.58. The fourth-order valence-corrected chi connectivity index (χ4v) is 2.91. The van der Waals surface area contributed by atoms with Crippen molar-refractivity contribution >= 4 is 34.8 Å². The van der Waals surface area contributed by atoms with Crippen molar-refractivity contribution in [2.75, 3.05) is 54.4 Å². The van der Waals surface area contributed by atoms with Gasteiger partial charge in [0.1, 0.15) is 0 Å². The molecule has 0 heterocycles. The molecular weight excluding hydrogens is 610 g/mol. The van der Waals surface area contributed by atoms with Gasteiger partial charge in [-0.3, -0.25) is 0 Å². The number of hydrogen-bond acceptors (Lipinski definition) is 8. The van der Waals surface area contributed by atoms with Gasteiger partial charge >= 0.3 is 33.0 Å². The molecule has 0 bridgehead atoms. The zero-order valence-electron chi connectivity index (χ0n) is 22.7. The number of hydrogen-bond donors (Lipinski definition) is 2. The molecule has 0 amide bonds. The van der Waals surface area contributed by atoms with Crippen LogP contribution in [0.1, 0.15) is 37.1 Å². The third kappa shape index (κ3) is 23.6. The quantitative estimate of drug-likeness (QED) is 0.229. The van der Waals surface area contributed by atoms with Gasteiger partial charge in [-0.1, -0.05) is 73.0 Å². The number of likely N-dealkylation sites (N-methyl/N-ethyl adjacent to an activating group) is 2. The average molecular weight is 648 g/mol. The van der Waals surface area contributed by atoms with Crippen molar-refractivity contribution in [1.82, 2.24) is 20.4 Å². The standard InChI is InChI=1S/2C12H20N2O.2CNS.2Ni/c2*1-10(13-8-9-14(2)3)11-6-4-5-7-12(11)15;2*2-1-3;;/h2*4-7,10,13,15H,8-9H2,1-3H3;;;;/q;;2*-1;2*+2/p-2/t2*10-;;;;/m10..../s1. The molecule has 0 saturated carbocycles. The van der Waals surface area contributed by atoms with E-state index in [0.717, 1.165) is 37.3 Å². The third-order valence-electron chi connectivity index (χ3n) is 4.79. The maximum Gasteiger partial charge on any atom is 2.00 e. The Morgan fingerprint density at radius 3 is 1.21 bits per heavy atom. The van der Waals surface area contributed by atoms with E-state index in [0.29, 0.717) is 0 Å². The Morgan fingerprint density at radius 1 is 0.711 bits per heavy atom. The molecule has 0 aromatic heterocycles. The van der Waals surface area contributed by atoms with E-state index in [1.807, 2.05) is 66.3 Å². The molecule has 0 aliphatic heterocycles. The summed E-state index contributed by atoms with van der Waals surface area (Å²) in [6.07, 6.45) is 0. The van der Waals surface area contributed by atoms with Gasteiger partial charge in [0.15, 0.2) is 0 Å². The van der Waals surface area contributed by atoms with Crippen molar-refractivity contribution in [1.29, 1.82) is 0 Å². The van der Waals surface area contributed by atoms with E-state index in [2.05, 4.69) is 44.9 Å². The molecule has 0 aliphatic rings. The SMILES string of the molecule is C[C@@H](NCCN(C)C)c1ccccc1[O-].C[C@H](NCCN(C)C)c1ccccc1[O-].[N-]=C=S.[N-]=C=S.[Ni+2].[Ni+2]. The Bertz CT molecular complexity index is 837. The summed E-state index contributed by atoms with van der Waals surface area (Å²) >= 11 is 7.40. The number of rotatable bonds is 10. The van der Waals surface area contributed by atoms with E-state index in [1.54, 1.807) is 24.3 Å². The van der Waals surface area contributed by atoms with Crippen molar-refractivity contribution in [2.45, 2.75) is 25.9 Å². The van der Waals surface area contributed by atoms with E-state index in [1.165, 1.54) is 10.3 Å². The molecule has 2 aromatic rings. The summed E-state index contributed by atoms with van der Waals surface area (Å²) in [4.78, 5) is 4.23. The molecule has 0 radical (unpaired) electrons. The molecule has 2 aromatic carbocycles. The maximum absolute atomic E-state index is 11.5. The summed E-state index contributed by atoms with van der Waals surface area (Å²) < 4.78 is 0. The van der Waals surface area contributed by atoms with Gasteiger partial charge in [0.25, 0.3) is 0 Å². The first-order valence-electron chi connectivity index (χ1n) is 11.4. The van der Waals surface area contributed by atoms with Gasteiger partial charge in [-0.05, 0) is 53.2 Å². The summed E-state index contributed by atoms with van der Waals surface area (Å²) in [7, 11) is 8.14. The van der Waals surface area contributed by atoms with Gasteiger partial charge in [-0.25, -0.2) is 0 Å². The third-order valence-corrected chi connectivity index (χ3v) is 4.79. The second kappa shape index (κ2) is 28.5. The van der Waals surface area contributed by atoms with Crippen molar-refractivity contribution in [3.63, 3.8) is 0 Å². The van der Waals surface area contributed by atoms with Crippen molar-refractivity contribution in [3.8, 4) is 11.5 Å². The minimum absolute atomic E-state index is 0. The summed E-state index contributed by atoms with van der Waals surface area (Å²) in [5.74, 6) is 0.227. The fraction of sp³-hybridized carbons (Fsp3) is 0.462. The molecule has 0 fully saturated rings. The predicted molar refractivity (Wildman–Crippen MR) is 154 cm³/mol. The van der Waals surface area contributed by atoms with Gasteiger partial charge in [-0.2, -0.15) is 10.3 Å². The maximum atomic E-state index is 11.5. The number of thiocarbonyl (C=S) groups is 2. The summed E-state index contributed by atoms with van der Waals surface area (Å²) in [6.45, 7) is 7.78. The van der Waals surface area contributed by atoms with Gasteiger partial charge < -0.3 is 41.5 Å². The van der Waals surface area contributed by atoms with Crippen molar-refractivity contribution in [2.24, 2.45) is 0 Å². The van der Waals surface area contributed by atoms with E-state index in [9.17, 15) is 10.2 Å². The van der Waals surface area contributed by atoms with Crippen LogP contribution in [-0.2, 0) is 33.0 Å². The summed E-state index contributed by atoms with van der Waals surface area (Å²) in [5.41, 5.74) is 1.69. The minimum atomic E-state index is 0. The number of benzene rings is 2. The molecule has 12 heteroatoms. The molecule has 2 atom stereocenters. The summed E-state index contributed by atoms with van der Waals surface area (Å²) in [5, 5.41) is 46.6. The Morgan fingerprint density at radius 2 is 0.974 bits per heavy atom. The topological polar surface area (TPSA) is 121 Å². The van der Waals surface area contributed by atoms with Crippen LogP contribution in [0.3, 0.4) is 0 Å². The molecule has 8 nitrogen and oxygen atoms in total. The smallest absolute Gasteiger partial charge is 0.872 e. The van der Waals surface area contributed by atoms with E-state index < -0.39 is 0 Å². The molecular formula is C26H38N6Ni2O2S2. The average Bonchev–Trinajstić information content (AvgIpc) is 2.80. The Kier molecular flexibility index (Phi) is 32.6. The van der Waals surface area contributed by atoms with E-state index >= 15 is 0 Å². The minimum Gasteiger partial charge on any atom is -0.872 e. The zero-order valence-corrected chi connectivity index (χ0v) is 26.3. The molecule has 0 saturated heterocycles. The van der Waals surface area contributed by atoms with Crippen LogP contribution in [0, 0.1) is 0 Å². The van der Waals surface area contributed by atoms with Crippen molar-refractivity contribution in [3.05, 3.63) is 70.5 Å². The van der Waals surface area contributed by atoms with Crippen LogP contribution < -0.4 is 20.8 Å². The zero-order chi connectivity index (χ0) is 27.9. The van der Waals surface area contributed by atoms with Crippen LogP contribution in [0.4, 0.5) is 0 Å².